The van der Waals surface area contributed by atoms with Gasteiger partial charge in [0, 0.05) is 4.43 Å². The molecule has 0 N–H and O–H groups in total. The molecule has 1 nitrogen and oxygen atoms in total. The summed E-state index contributed by atoms with van der Waals surface area (Å²) in [4.78, 5) is 0. The van der Waals surface area contributed by atoms with Gasteiger partial charge in [-0.15, -0.1) is 0 Å². The van der Waals surface area contributed by atoms with Gasteiger partial charge in [0.2, 0.25) is 0 Å². The van der Waals surface area contributed by atoms with Crippen molar-refractivity contribution in [3.8, 4) is 0 Å². The van der Waals surface area contributed by atoms with Crippen molar-refractivity contribution in [2.24, 2.45) is 5.92 Å². The van der Waals surface area contributed by atoms with Crippen LogP contribution >= 0.6 is 22.6 Å². The molecular formula is C14H25IO. The summed E-state index contributed by atoms with van der Waals surface area (Å²) in [5, 5.41) is 0. The minimum absolute atomic E-state index is 0.251. The van der Waals surface area contributed by atoms with Crippen LogP contribution in [0.5, 0.6) is 0 Å². The molecule has 94 valence electrons. The van der Waals surface area contributed by atoms with Crippen LogP contribution in [0.4, 0.5) is 0 Å². The minimum atomic E-state index is 0.251. The molecule has 0 spiro atoms. The molecule has 2 saturated carbocycles. The molecule has 0 saturated heterocycles. The number of alkyl halides is 1. The van der Waals surface area contributed by atoms with Gasteiger partial charge in [0.05, 0.1) is 11.7 Å². The van der Waals surface area contributed by atoms with Gasteiger partial charge in [-0.3, -0.25) is 0 Å². The van der Waals surface area contributed by atoms with Crippen molar-refractivity contribution in [3.63, 3.8) is 0 Å². The standard InChI is InChI=1S/C14H25IO/c1-2-12-7-9-14(11-15,10-8-12)16-13-5-3-4-6-13/h12-13H,2-11H2,1H3. The van der Waals surface area contributed by atoms with Crippen molar-refractivity contribution >= 4 is 22.6 Å². The Balaban J connectivity index is 1.87. The van der Waals surface area contributed by atoms with Crippen LogP contribution in [0, 0.1) is 5.92 Å². The molecule has 0 unspecified atom stereocenters. The molecule has 2 aliphatic carbocycles. The van der Waals surface area contributed by atoms with Crippen molar-refractivity contribution in [2.75, 3.05) is 4.43 Å². The van der Waals surface area contributed by atoms with Gasteiger partial charge >= 0.3 is 0 Å². The fourth-order valence-electron chi connectivity index (χ4n) is 3.25. The summed E-state index contributed by atoms with van der Waals surface area (Å²) >= 11 is 2.54. The zero-order chi connectivity index (χ0) is 11.4. The van der Waals surface area contributed by atoms with Crippen LogP contribution in [0.25, 0.3) is 0 Å². The fraction of sp³-hybridized carbons (Fsp3) is 1.00. The molecule has 0 aromatic rings. The van der Waals surface area contributed by atoms with Gasteiger partial charge in [-0.2, -0.15) is 0 Å². The number of rotatable bonds is 4. The van der Waals surface area contributed by atoms with E-state index >= 15 is 0 Å². The summed E-state index contributed by atoms with van der Waals surface area (Å²) in [7, 11) is 0. The van der Waals surface area contributed by atoms with Gasteiger partial charge in [0.1, 0.15) is 0 Å². The second-order valence-corrected chi connectivity index (χ2v) is 6.46. The van der Waals surface area contributed by atoms with E-state index in [2.05, 4.69) is 29.5 Å². The van der Waals surface area contributed by atoms with Gasteiger partial charge in [-0.25, -0.2) is 0 Å². The quantitative estimate of drug-likeness (QED) is 0.533. The Kier molecular flexibility index (Phi) is 4.95. The minimum Gasteiger partial charge on any atom is -0.371 e. The molecule has 2 fully saturated rings. The number of halogens is 1. The highest BCUT2D eigenvalue weighted by atomic mass is 127. The Morgan fingerprint density at radius 1 is 1.12 bits per heavy atom. The highest BCUT2D eigenvalue weighted by Gasteiger charge is 2.37. The molecular weight excluding hydrogens is 311 g/mol. The zero-order valence-electron chi connectivity index (χ0n) is 10.5. The van der Waals surface area contributed by atoms with Crippen LogP contribution in [0.15, 0.2) is 0 Å². The summed E-state index contributed by atoms with van der Waals surface area (Å²) in [5.74, 6) is 0.975. The van der Waals surface area contributed by atoms with Gasteiger partial charge in [0.25, 0.3) is 0 Å². The Hall–Kier alpha value is 0.690. The first-order valence-corrected chi connectivity index (χ1v) is 8.54. The average molecular weight is 336 g/mol. The van der Waals surface area contributed by atoms with E-state index in [4.69, 9.17) is 4.74 Å². The average Bonchev–Trinajstić information content (AvgIpc) is 2.83. The van der Waals surface area contributed by atoms with E-state index in [1.807, 2.05) is 0 Å². The fourth-order valence-corrected chi connectivity index (χ4v) is 4.20. The van der Waals surface area contributed by atoms with Crippen LogP contribution in [0.1, 0.15) is 64.7 Å². The molecule has 0 aliphatic heterocycles. The Labute approximate surface area is 114 Å². The molecule has 16 heavy (non-hydrogen) atoms. The largest absolute Gasteiger partial charge is 0.371 e. The summed E-state index contributed by atoms with van der Waals surface area (Å²) < 4.78 is 7.67. The predicted molar refractivity (Wildman–Crippen MR) is 77.2 cm³/mol. The van der Waals surface area contributed by atoms with E-state index in [0.717, 1.165) is 5.92 Å². The van der Waals surface area contributed by atoms with E-state index in [1.54, 1.807) is 0 Å². The number of hydrogen-bond donors (Lipinski definition) is 0. The number of ether oxygens (including phenoxy) is 1. The lowest BCUT2D eigenvalue weighted by atomic mass is 9.78. The maximum atomic E-state index is 6.47. The van der Waals surface area contributed by atoms with E-state index < -0.39 is 0 Å². The van der Waals surface area contributed by atoms with Crippen LogP contribution in [-0.4, -0.2) is 16.1 Å². The first-order valence-electron chi connectivity index (χ1n) is 7.02. The molecule has 0 bridgehead atoms. The zero-order valence-corrected chi connectivity index (χ0v) is 12.7. The maximum absolute atomic E-state index is 6.47. The summed E-state index contributed by atoms with van der Waals surface area (Å²) in [6.07, 6.45) is 12.8. The topological polar surface area (TPSA) is 9.23 Å². The van der Waals surface area contributed by atoms with Crippen LogP contribution in [0.3, 0.4) is 0 Å². The van der Waals surface area contributed by atoms with E-state index in [9.17, 15) is 0 Å². The smallest absolute Gasteiger partial charge is 0.0775 e. The van der Waals surface area contributed by atoms with E-state index in [0.29, 0.717) is 6.10 Å². The number of hydrogen-bond acceptors (Lipinski definition) is 1. The Bertz CT molecular complexity index is 203. The van der Waals surface area contributed by atoms with Crippen molar-refractivity contribution in [2.45, 2.75) is 76.4 Å². The normalized spacial score (nSPS) is 36.8. The highest BCUT2D eigenvalue weighted by molar-refractivity contribution is 14.1. The lowest BCUT2D eigenvalue weighted by Crippen LogP contribution is -2.41. The maximum Gasteiger partial charge on any atom is 0.0775 e. The van der Waals surface area contributed by atoms with Crippen LogP contribution in [0.2, 0.25) is 0 Å². The van der Waals surface area contributed by atoms with Gasteiger partial charge in [0.15, 0.2) is 0 Å². The lowest BCUT2D eigenvalue weighted by Gasteiger charge is -2.40. The molecule has 0 radical (unpaired) electrons. The molecule has 0 heterocycles. The monoisotopic (exact) mass is 336 g/mol. The van der Waals surface area contributed by atoms with Gasteiger partial charge in [-0.1, -0.05) is 48.8 Å². The third kappa shape index (κ3) is 3.12. The third-order valence-corrected chi connectivity index (χ3v) is 5.95. The van der Waals surface area contributed by atoms with E-state index in [-0.39, 0.29) is 5.60 Å². The second-order valence-electron chi connectivity index (χ2n) is 5.69. The molecule has 0 aromatic carbocycles. The van der Waals surface area contributed by atoms with Crippen molar-refractivity contribution < 1.29 is 4.74 Å². The van der Waals surface area contributed by atoms with Gasteiger partial charge < -0.3 is 4.74 Å². The SMILES string of the molecule is CCC1CCC(CI)(OC2CCCC2)CC1. The first kappa shape index (κ1) is 13.1. The summed E-state index contributed by atoms with van der Waals surface area (Å²) in [6.45, 7) is 2.33. The second kappa shape index (κ2) is 6.03. The Morgan fingerprint density at radius 2 is 1.75 bits per heavy atom. The molecule has 0 aromatic heterocycles. The van der Waals surface area contributed by atoms with Crippen molar-refractivity contribution in [1.29, 1.82) is 0 Å². The summed E-state index contributed by atoms with van der Waals surface area (Å²) in [6, 6.07) is 0. The lowest BCUT2D eigenvalue weighted by molar-refractivity contribution is -0.100. The molecule has 2 rings (SSSR count). The predicted octanol–water partition coefficient (Wildman–Crippen LogP) is 4.72. The third-order valence-electron chi connectivity index (χ3n) is 4.56. The molecule has 2 aliphatic rings. The molecule has 0 atom stereocenters. The highest BCUT2D eigenvalue weighted by Crippen LogP contribution is 2.40. The van der Waals surface area contributed by atoms with Crippen molar-refractivity contribution in [1.82, 2.24) is 0 Å². The molecule has 2 heteroatoms. The first-order chi connectivity index (χ1) is 7.78. The van der Waals surface area contributed by atoms with Crippen molar-refractivity contribution in [3.05, 3.63) is 0 Å². The van der Waals surface area contributed by atoms with E-state index in [1.165, 1.54) is 62.2 Å². The summed E-state index contributed by atoms with van der Waals surface area (Å²) in [5.41, 5.74) is 0.251. The van der Waals surface area contributed by atoms with Gasteiger partial charge in [-0.05, 0) is 44.4 Å². The van der Waals surface area contributed by atoms with Crippen LogP contribution in [-0.2, 0) is 4.74 Å². The van der Waals surface area contributed by atoms with Crippen LogP contribution < -0.4 is 0 Å². The Morgan fingerprint density at radius 3 is 2.25 bits per heavy atom. The molecule has 0 amide bonds.